The molecule has 0 aromatic heterocycles. The summed E-state index contributed by atoms with van der Waals surface area (Å²) in [4.78, 5) is 12.2. The minimum absolute atomic E-state index is 0.0878. The van der Waals surface area contributed by atoms with Crippen molar-refractivity contribution in [1.29, 1.82) is 0 Å². The van der Waals surface area contributed by atoms with E-state index in [1.807, 2.05) is 19.1 Å². The van der Waals surface area contributed by atoms with Gasteiger partial charge in [0.25, 0.3) is 5.91 Å². The van der Waals surface area contributed by atoms with Crippen LogP contribution in [0.3, 0.4) is 0 Å². The Labute approximate surface area is 135 Å². The molecular formula is C17H17Cl2NO. The Balaban J connectivity index is 2.10. The first kappa shape index (κ1) is 15.9. The van der Waals surface area contributed by atoms with E-state index in [9.17, 15) is 4.79 Å². The second-order valence-electron chi connectivity index (χ2n) is 4.91. The summed E-state index contributed by atoms with van der Waals surface area (Å²) in [7, 11) is 0. The van der Waals surface area contributed by atoms with E-state index in [4.69, 9.17) is 23.2 Å². The molecule has 0 fully saturated rings. The van der Waals surface area contributed by atoms with Crippen LogP contribution in [0.25, 0.3) is 0 Å². The molecule has 0 radical (unpaired) electrons. The van der Waals surface area contributed by atoms with Gasteiger partial charge in [-0.2, -0.15) is 0 Å². The molecule has 2 nitrogen and oxygen atoms in total. The van der Waals surface area contributed by atoms with Gasteiger partial charge in [0.15, 0.2) is 0 Å². The molecule has 0 spiro atoms. The third kappa shape index (κ3) is 3.99. The summed E-state index contributed by atoms with van der Waals surface area (Å²) in [5, 5.41) is 3.81. The topological polar surface area (TPSA) is 29.1 Å². The molecule has 4 heteroatoms. The van der Waals surface area contributed by atoms with Crippen LogP contribution in [0.2, 0.25) is 10.0 Å². The average Bonchev–Trinajstić information content (AvgIpc) is 2.47. The smallest absolute Gasteiger partial charge is 0.253 e. The van der Waals surface area contributed by atoms with Crippen molar-refractivity contribution in [2.45, 2.75) is 26.3 Å². The second kappa shape index (κ2) is 6.97. The van der Waals surface area contributed by atoms with E-state index < -0.39 is 0 Å². The predicted molar refractivity (Wildman–Crippen MR) is 88.2 cm³/mol. The fourth-order valence-electron chi connectivity index (χ4n) is 2.07. The summed E-state index contributed by atoms with van der Waals surface area (Å²) in [5.41, 5.74) is 2.77. The van der Waals surface area contributed by atoms with Crippen molar-refractivity contribution in [1.82, 2.24) is 5.32 Å². The number of hydrogen-bond donors (Lipinski definition) is 1. The Bertz CT molecular complexity index is 638. The van der Waals surface area contributed by atoms with Crippen LogP contribution in [-0.2, 0) is 6.42 Å². The molecule has 0 aliphatic heterocycles. The van der Waals surface area contributed by atoms with E-state index >= 15 is 0 Å². The third-order valence-corrected chi connectivity index (χ3v) is 3.96. The van der Waals surface area contributed by atoms with Crippen LogP contribution in [0.5, 0.6) is 0 Å². The van der Waals surface area contributed by atoms with Crippen molar-refractivity contribution in [3.05, 3.63) is 69.2 Å². The summed E-state index contributed by atoms with van der Waals surface area (Å²) in [5.74, 6) is -0.205. The molecule has 1 amide bonds. The highest BCUT2D eigenvalue weighted by molar-refractivity contribution is 6.36. The number of aryl methyl sites for hydroxylation is 1. The zero-order valence-electron chi connectivity index (χ0n) is 12.0. The first-order valence-corrected chi connectivity index (χ1v) is 7.61. The molecule has 2 rings (SSSR count). The van der Waals surface area contributed by atoms with Crippen LogP contribution in [0.1, 0.15) is 41.4 Å². The number of amides is 1. The van der Waals surface area contributed by atoms with E-state index in [0.29, 0.717) is 15.6 Å². The minimum Gasteiger partial charge on any atom is -0.345 e. The normalized spacial score (nSPS) is 12.0. The SMILES string of the molecule is CCc1ccc(C(C)NC(=O)c2ccc(Cl)cc2Cl)cc1. The van der Waals surface area contributed by atoms with E-state index in [1.54, 1.807) is 18.2 Å². The van der Waals surface area contributed by atoms with Gasteiger partial charge in [0.2, 0.25) is 0 Å². The Morgan fingerprint density at radius 2 is 1.81 bits per heavy atom. The maximum Gasteiger partial charge on any atom is 0.253 e. The van der Waals surface area contributed by atoms with Gasteiger partial charge in [0.05, 0.1) is 16.6 Å². The van der Waals surface area contributed by atoms with E-state index in [-0.39, 0.29) is 11.9 Å². The molecule has 1 unspecified atom stereocenters. The Morgan fingerprint density at radius 3 is 2.38 bits per heavy atom. The van der Waals surface area contributed by atoms with Crippen LogP contribution >= 0.6 is 23.2 Å². The van der Waals surface area contributed by atoms with Gasteiger partial charge in [0, 0.05) is 5.02 Å². The molecule has 0 aliphatic rings. The van der Waals surface area contributed by atoms with Crippen molar-refractivity contribution in [3.8, 4) is 0 Å². The fraction of sp³-hybridized carbons (Fsp3) is 0.235. The summed E-state index contributed by atoms with van der Waals surface area (Å²) in [6.45, 7) is 4.06. The van der Waals surface area contributed by atoms with Gasteiger partial charge in [-0.1, -0.05) is 54.4 Å². The van der Waals surface area contributed by atoms with Crippen LogP contribution in [0, 0.1) is 0 Å². The molecule has 0 aliphatic carbocycles. The highest BCUT2D eigenvalue weighted by Crippen LogP contribution is 2.22. The van der Waals surface area contributed by atoms with Crippen molar-refractivity contribution in [2.24, 2.45) is 0 Å². The molecule has 0 saturated heterocycles. The first-order valence-electron chi connectivity index (χ1n) is 6.86. The van der Waals surface area contributed by atoms with Gasteiger partial charge < -0.3 is 5.32 Å². The standard InChI is InChI=1S/C17H17Cl2NO/c1-3-12-4-6-13(7-5-12)11(2)20-17(21)15-9-8-14(18)10-16(15)19/h4-11H,3H2,1-2H3,(H,20,21). The number of carbonyl (C=O) groups excluding carboxylic acids is 1. The van der Waals surface area contributed by atoms with Crippen molar-refractivity contribution < 1.29 is 4.79 Å². The molecule has 0 saturated carbocycles. The van der Waals surface area contributed by atoms with E-state index in [0.717, 1.165) is 12.0 Å². The number of halogens is 2. The van der Waals surface area contributed by atoms with Gasteiger partial charge in [-0.15, -0.1) is 0 Å². The molecule has 0 heterocycles. The van der Waals surface area contributed by atoms with Crippen molar-refractivity contribution in [2.75, 3.05) is 0 Å². The monoisotopic (exact) mass is 321 g/mol. The van der Waals surface area contributed by atoms with Crippen molar-refractivity contribution >= 4 is 29.1 Å². The number of rotatable bonds is 4. The molecule has 0 bridgehead atoms. The highest BCUT2D eigenvalue weighted by atomic mass is 35.5. The first-order chi connectivity index (χ1) is 10.0. The maximum absolute atomic E-state index is 12.2. The molecular weight excluding hydrogens is 305 g/mol. The molecule has 21 heavy (non-hydrogen) atoms. The lowest BCUT2D eigenvalue weighted by atomic mass is 10.0. The number of hydrogen-bond acceptors (Lipinski definition) is 1. The zero-order chi connectivity index (χ0) is 15.4. The van der Waals surface area contributed by atoms with Crippen LogP contribution < -0.4 is 5.32 Å². The van der Waals surface area contributed by atoms with E-state index in [1.165, 1.54) is 5.56 Å². The largest absolute Gasteiger partial charge is 0.345 e. The Kier molecular flexibility index (Phi) is 5.27. The Hall–Kier alpha value is -1.51. The van der Waals surface area contributed by atoms with Crippen LogP contribution in [0.4, 0.5) is 0 Å². The van der Waals surface area contributed by atoms with Gasteiger partial charge in [-0.3, -0.25) is 4.79 Å². The molecule has 110 valence electrons. The average molecular weight is 322 g/mol. The zero-order valence-corrected chi connectivity index (χ0v) is 13.5. The third-order valence-electron chi connectivity index (χ3n) is 3.41. The summed E-state index contributed by atoms with van der Waals surface area (Å²) >= 11 is 11.9. The van der Waals surface area contributed by atoms with Crippen LogP contribution in [0.15, 0.2) is 42.5 Å². The van der Waals surface area contributed by atoms with E-state index in [2.05, 4.69) is 24.4 Å². The highest BCUT2D eigenvalue weighted by Gasteiger charge is 2.14. The summed E-state index contributed by atoms with van der Waals surface area (Å²) < 4.78 is 0. The van der Waals surface area contributed by atoms with Gasteiger partial charge in [-0.25, -0.2) is 0 Å². The van der Waals surface area contributed by atoms with Gasteiger partial charge in [0.1, 0.15) is 0 Å². The van der Waals surface area contributed by atoms with Crippen molar-refractivity contribution in [3.63, 3.8) is 0 Å². The number of nitrogens with one attached hydrogen (secondary N) is 1. The molecule has 1 atom stereocenters. The minimum atomic E-state index is -0.205. The fourth-order valence-corrected chi connectivity index (χ4v) is 2.57. The molecule has 1 N–H and O–H groups in total. The Morgan fingerprint density at radius 1 is 1.14 bits per heavy atom. The lowest BCUT2D eigenvalue weighted by molar-refractivity contribution is 0.0940. The maximum atomic E-state index is 12.2. The van der Waals surface area contributed by atoms with Gasteiger partial charge >= 0.3 is 0 Å². The number of benzene rings is 2. The number of carbonyl (C=O) groups is 1. The predicted octanol–water partition coefficient (Wildman–Crippen LogP) is 5.05. The molecule has 2 aromatic rings. The quantitative estimate of drug-likeness (QED) is 0.839. The van der Waals surface area contributed by atoms with Gasteiger partial charge in [-0.05, 0) is 42.7 Å². The summed E-state index contributed by atoms with van der Waals surface area (Å²) in [6.07, 6.45) is 1.00. The summed E-state index contributed by atoms with van der Waals surface area (Å²) in [6, 6.07) is 13.0. The second-order valence-corrected chi connectivity index (χ2v) is 5.76. The van der Waals surface area contributed by atoms with Crippen LogP contribution in [-0.4, -0.2) is 5.91 Å². The lowest BCUT2D eigenvalue weighted by Crippen LogP contribution is -2.26. The lowest BCUT2D eigenvalue weighted by Gasteiger charge is -2.15. The molecule has 2 aromatic carbocycles.